The predicted octanol–water partition coefficient (Wildman–Crippen LogP) is 3.20. The summed E-state index contributed by atoms with van der Waals surface area (Å²) in [6.45, 7) is 9.58. The third-order valence-electron chi connectivity index (χ3n) is 4.68. The Labute approximate surface area is 142 Å². The zero-order chi connectivity index (χ0) is 18.1. The van der Waals surface area contributed by atoms with E-state index >= 15 is 0 Å². The van der Waals surface area contributed by atoms with Crippen LogP contribution in [-0.2, 0) is 18.8 Å². The average molecular weight is 338 g/mol. The number of benzene rings is 1. The van der Waals surface area contributed by atoms with E-state index in [4.69, 9.17) is 14.0 Å². The van der Waals surface area contributed by atoms with Gasteiger partial charge in [-0.2, -0.15) is 0 Å². The standard InChI is InChI=1S/C17H24BFO5/c1-6-22-15(21)10-13(12-8-7-11(19)9-14(12)20)18-23-16(2,3)17(4,5)24-18/h7-9,13,20H,6,10H2,1-5H3. The van der Waals surface area contributed by atoms with Crippen LogP contribution in [0.3, 0.4) is 0 Å². The van der Waals surface area contributed by atoms with Crippen molar-refractivity contribution in [3.63, 3.8) is 0 Å². The van der Waals surface area contributed by atoms with Gasteiger partial charge in [-0.1, -0.05) is 6.07 Å². The summed E-state index contributed by atoms with van der Waals surface area (Å²) in [6.07, 6.45) is -0.0378. The number of ether oxygens (including phenoxy) is 1. The summed E-state index contributed by atoms with van der Waals surface area (Å²) >= 11 is 0. The largest absolute Gasteiger partial charge is 0.508 e. The molecule has 0 amide bonds. The minimum Gasteiger partial charge on any atom is -0.508 e. The fourth-order valence-electron chi connectivity index (χ4n) is 2.64. The summed E-state index contributed by atoms with van der Waals surface area (Å²) < 4.78 is 30.3. The van der Waals surface area contributed by atoms with Crippen LogP contribution in [0.4, 0.5) is 4.39 Å². The highest BCUT2D eigenvalue weighted by atomic mass is 19.1. The van der Waals surface area contributed by atoms with Gasteiger partial charge in [0.25, 0.3) is 0 Å². The highest BCUT2D eigenvalue weighted by Crippen LogP contribution is 2.43. The van der Waals surface area contributed by atoms with Crippen LogP contribution in [0.2, 0.25) is 0 Å². The van der Waals surface area contributed by atoms with Crippen LogP contribution < -0.4 is 0 Å². The lowest BCUT2D eigenvalue weighted by molar-refractivity contribution is -0.143. The van der Waals surface area contributed by atoms with E-state index in [1.165, 1.54) is 12.1 Å². The molecule has 132 valence electrons. The Morgan fingerprint density at radius 1 is 1.29 bits per heavy atom. The molecule has 1 N–H and O–H groups in total. The lowest BCUT2D eigenvalue weighted by Crippen LogP contribution is -2.41. The molecule has 0 bridgehead atoms. The first-order valence-electron chi connectivity index (χ1n) is 8.07. The molecule has 0 saturated carbocycles. The van der Waals surface area contributed by atoms with Gasteiger partial charge in [-0.25, -0.2) is 4.39 Å². The normalized spacial score (nSPS) is 20.0. The maximum absolute atomic E-state index is 13.3. The zero-order valence-corrected chi connectivity index (χ0v) is 14.8. The molecule has 2 rings (SSSR count). The van der Waals surface area contributed by atoms with Gasteiger partial charge in [-0.15, -0.1) is 0 Å². The van der Waals surface area contributed by atoms with Crippen molar-refractivity contribution in [2.75, 3.05) is 6.61 Å². The van der Waals surface area contributed by atoms with E-state index in [1.807, 2.05) is 27.7 Å². The first-order valence-corrected chi connectivity index (χ1v) is 8.07. The first kappa shape index (κ1) is 18.7. The molecule has 1 aliphatic rings. The summed E-state index contributed by atoms with van der Waals surface area (Å²) in [5, 5.41) is 10.1. The maximum atomic E-state index is 13.3. The van der Waals surface area contributed by atoms with Crippen molar-refractivity contribution in [3.05, 3.63) is 29.6 Å². The molecule has 0 radical (unpaired) electrons. The number of phenolic OH excluding ortho intramolecular Hbond substituents is 1. The second-order valence-corrected chi connectivity index (χ2v) is 6.94. The monoisotopic (exact) mass is 338 g/mol. The second-order valence-electron chi connectivity index (χ2n) is 6.94. The van der Waals surface area contributed by atoms with Crippen molar-refractivity contribution in [2.45, 2.75) is 58.1 Å². The van der Waals surface area contributed by atoms with E-state index in [-0.39, 0.29) is 18.8 Å². The molecule has 7 heteroatoms. The first-order chi connectivity index (χ1) is 11.1. The van der Waals surface area contributed by atoms with Crippen LogP contribution in [0.25, 0.3) is 0 Å². The second kappa shape index (κ2) is 6.72. The minimum atomic E-state index is -0.754. The number of hydrogen-bond acceptors (Lipinski definition) is 5. The van der Waals surface area contributed by atoms with Crippen LogP contribution >= 0.6 is 0 Å². The molecule has 1 aromatic rings. The fraction of sp³-hybridized carbons (Fsp3) is 0.588. The summed E-state index contributed by atoms with van der Waals surface area (Å²) in [4.78, 5) is 12.0. The van der Waals surface area contributed by atoms with Gasteiger partial charge in [0.1, 0.15) is 11.6 Å². The third kappa shape index (κ3) is 3.73. The molecule has 1 aliphatic heterocycles. The Hall–Kier alpha value is -1.60. The SMILES string of the molecule is CCOC(=O)CC(B1OC(C)(C)C(C)(C)O1)c1ccc(F)cc1O. The number of carbonyl (C=O) groups excluding carboxylic acids is 1. The van der Waals surface area contributed by atoms with E-state index in [1.54, 1.807) is 6.92 Å². The van der Waals surface area contributed by atoms with Gasteiger partial charge in [0.15, 0.2) is 0 Å². The van der Waals surface area contributed by atoms with Crippen molar-refractivity contribution in [2.24, 2.45) is 0 Å². The van der Waals surface area contributed by atoms with E-state index in [9.17, 15) is 14.3 Å². The van der Waals surface area contributed by atoms with Gasteiger partial charge >= 0.3 is 13.1 Å². The smallest absolute Gasteiger partial charge is 0.466 e. The van der Waals surface area contributed by atoms with Gasteiger partial charge in [-0.3, -0.25) is 4.79 Å². The molecule has 5 nitrogen and oxygen atoms in total. The number of halogens is 1. The Kier molecular flexibility index (Phi) is 5.25. The molecule has 1 aromatic carbocycles. The lowest BCUT2D eigenvalue weighted by Gasteiger charge is -2.32. The van der Waals surface area contributed by atoms with Crippen molar-refractivity contribution in [3.8, 4) is 5.75 Å². The molecule has 0 spiro atoms. The molecule has 1 unspecified atom stereocenters. The molecule has 0 aromatic heterocycles. The van der Waals surface area contributed by atoms with Gasteiger partial charge in [0.05, 0.1) is 24.2 Å². The third-order valence-corrected chi connectivity index (χ3v) is 4.68. The fourth-order valence-corrected chi connectivity index (χ4v) is 2.64. The molecule has 1 saturated heterocycles. The molecule has 1 atom stereocenters. The Bertz CT molecular complexity index is 601. The number of aromatic hydroxyl groups is 1. The summed E-state index contributed by atoms with van der Waals surface area (Å²) in [5.74, 6) is -1.83. The summed E-state index contributed by atoms with van der Waals surface area (Å²) in [6, 6.07) is 3.69. The van der Waals surface area contributed by atoms with Crippen LogP contribution in [0.1, 0.15) is 52.4 Å². The molecule has 1 fully saturated rings. The number of phenols is 1. The highest BCUT2D eigenvalue weighted by molar-refractivity contribution is 6.48. The summed E-state index contributed by atoms with van der Waals surface area (Å²) in [7, 11) is -0.754. The number of hydrogen-bond donors (Lipinski definition) is 1. The summed E-state index contributed by atoms with van der Waals surface area (Å²) in [5.41, 5.74) is -0.775. The van der Waals surface area contributed by atoms with Gasteiger partial charge in [0.2, 0.25) is 0 Å². The predicted molar refractivity (Wildman–Crippen MR) is 88.1 cm³/mol. The van der Waals surface area contributed by atoms with E-state index in [0.29, 0.717) is 5.56 Å². The van der Waals surface area contributed by atoms with Gasteiger partial charge in [0, 0.05) is 11.9 Å². The van der Waals surface area contributed by atoms with E-state index < -0.39 is 35.9 Å². The minimum absolute atomic E-state index is 0.0378. The number of rotatable bonds is 5. The molecular formula is C17H24BFO5. The Balaban J connectivity index is 2.35. The van der Waals surface area contributed by atoms with Crippen molar-refractivity contribution < 1.29 is 28.3 Å². The van der Waals surface area contributed by atoms with Crippen LogP contribution in [0, 0.1) is 5.82 Å². The van der Waals surface area contributed by atoms with Gasteiger partial charge in [-0.05, 0) is 46.2 Å². The topological polar surface area (TPSA) is 65.0 Å². The number of carbonyl (C=O) groups is 1. The number of esters is 1. The molecular weight excluding hydrogens is 314 g/mol. The van der Waals surface area contributed by atoms with Crippen molar-refractivity contribution >= 4 is 13.1 Å². The Morgan fingerprint density at radius 2 is 1.88 bits per heavy atom. The van der Waals surface area contributed by atoms with Crippen molar-refractivity contribution in [1.29, 1.82) is 0 Å². The molecule has 24 heavy (non-hydrogen) atoms. The van der Waals surface area contributed by atoms with E-state index in [0.717, 1.165) is 6.07 Å². The molecule has 0 aliphatic carbocycles. The molecule has 1 heterocycles. The Morgan fingerprint density at radius 3 is 2.38 bits per heavy atom. The highest BCUT2D eigenvalue weighted by Gasteiger charge is 2.54. The van der Waals surface area contributed by atoms with E-state index in [2.05, 4.69) is 0 Å². The quantitative estimate of drug-likeness (QED) is 0.660. The van der Waals surface area contributed by atoms with Crippen LogP contribution in [0.5, 0.6) is 5.75 Å². The van der Waals surface area contributed by atoms with Gasteiger partial charge < -0.3 is 19.2 Å². The lowest BCUT2D eigenvalue weighted by atomic mass is 9.66. The maximum Gasteiger partial charge on any atom is 0.466 e. The average Bonchev–Trinajstić information content (AvgIpc) is 2.65. The van der Waals surface area contributed by atoms with Crippen molar-refractivity contribution in [1.82, 2.24) is 0 Å². The zero-order valence-electron chi connectivity index (χ0n) is 14.8. The van der Waals surface area contributed by atoms with Crippen LogP contribution in [-0.4, -0.2) is 36.0 Å². The van der Waals surface area contributed by atoms with Crippen LogP contribution in [0.15, 0.2) is 18.2 Å².